The Hall–Kier alpha value is -0.680. The molecule has 0 spiro atoms. The summed E-state index contributed by atoms with van der Waals surface area (Å²) < 4.78 is 13.0. The van der Waals surface area contributed by atoms with E-state index >= 15 is 0 Å². The van der Waals surface area contributed by atoms with Gasteiger partial charge in [-0.25, -0.2) is 4.39 Å². The van der Waals surface area contributed by atoms with Gasteiger partial charge in [0, 0.05) is 25.2 Å². The van der Waals surface area contributed by atoms with Crippen LogP contribution in [0.4, 0.5) is 4.39 Å². The topological polar surface area (TPSA) is 49.5 Å². The van der Waals surface area contributed by atoms with Crippen LogP contribution in [-0.2, 0) is 6.54 Å². The Kier molecular flexibility index (Phi) is 7.40. The third kappa shape index (κ3) is 6.91. The number of nitrogens with zero attached hydrogens (tertiary/aromatic N) is 1. The third-order valence-corrected chi connectivity index (χ3v) is 2.34. The highest BCUT2D eigenvalue weighted by Crippen LogP contribution is 2.09. The number of aliphatic hydroxyl groups is 1. The zero-order valence-corrected chi connectivity index (χ0v) is 11.7. The summed E-state index contributed by atoms with van der Waals surface area (Å²) >= 11 is 0. The van der Waals surface area contributed by atoms with E-state index in [1.54, 1.807) is 6.07 Å². The maximum atomic E-state index is 13.0. The maximum Gasteiger partial charge on any atom is 0.123 e. The highest BCUT2D eigenvalue weighted by Gasteiger charge is 2.16. The Labute approximate surface area is 114 Å². The molecule has 0 aliphatic heterocycles. The fourth-order valence-electron chi connectivity index (χ4n) is 1.83. The van der Waals surface area contributed by atoms with Crippen LogP contribution in [0.15, 0.2) is 24.3 Å². The summed E-state index contributed by atoms with van der Waals surface area (Å²) in [7, 11) is 0. The molecule has 1 rings (SSSR count). The highest BCUT2D eigenvalue weighted by molar-refractivity contribution is 5.85. The van der Waals surface area contributed by atoms with E-state index in [1.165, 1.54) is 12.1 Å². The van der Waals surface area contributed by atoms with Crippen LogP contribution >= 0.6 is 12.4 Å². The monoisotopic (exact) mass is 276 g/mol. The van der Waals surface area contributed by atoms with Crippen LogP contribution in [-0.4, -0.2) is 35.2 Å². The standard InChI is InChI=1S/C13H21FN2O.ClH/c1-13(2,15)10-16(6-7-17)9-11-4-3-5-12(14)8-11;/h3-5,8,17H,6-7,9-10,15H2,1-2H3;1H. The number of halogens is 2. The van der Waals surface area contributed by atoms with Gasteiger partial charge >= 0.3 is 0 Å². The van der Waals surface area contributed by atoms with Crippen molar-refractivity contribution in [1.82, 2.24) is 4.90 Å². The Bertz CT molecular complexity index is 355. The molecule has 0 saturated heterocycles. The molecule has 0 atom stereocenters. The van der Waals surface area contributed by atoms with Crippen LogP contribution in [0, 0.1) is 5.82 Å². The molecule has 3 N–H and O–H groups in total. The first-order valence-electron chi connectivity index (χ1n) is 5.77. The molecule has 1 aromatic rings. The number of nitrogens with two attached hydrogens (primary N) is 1. The molecule has 18 heavy (non-hydrogen) atoms. The summed E-state index contributed by atoms with van der Waals surface area (Å²) in [6, 6.07) is 6.49. The van der Waals surface area contributed by atoms with Crippen molar-refractivity contribution in [2.75, 3.05) is 19.7 Å². The molecule has 0 aliphatic carbocycles. The van der Waals surface area contributed by atoms with E-state index in [2.05, 4.69) is 0 Å². The number of hydrogen-bond donors (Lipinski definition) is 2. The molecule has 0 fully saturated rings. The third-order valence-electron chi connectivity index (χ3n) is 2.34. The lowest BCUT2D eigenvalue weighted by Gasteiger charge is -2.29. The molecule has 0 bridgehead atoms. The maximum absolute atomic E-state index is 13.0. The van der Waals surface area contributed by atoms with Gasteiger partial charge in [0.25, 0.3) is 0 Å². The minimum absolute atomic E-state index is 0. The Morgan fingerprint density at radius 1 is 1.39 bits per heavy atom. The molecule has 3 nitrogen and oxygen atoms in total. The van der Waals surface area contributed by atoms with Gasteiger partial charge in [-0.05, 0) is 31.5 Å². The predicted molar refractivity (Wildman–Crippen MR) is 74.3 cm³/mol. The molecule has 1 aromatic carbocycles. The smallest absolute Gasteiger partial charge is 0.123 e. The molecule has 0 unspecified atom stereocenters. The van der Waals surface area contributed by atoms with Crippen molar-refractivity contribution in [1.29, 1.82) is 0 Å². The number of rotatable bonds is 6. The summed E-state index contributed by atoms with van der Waals surface area (Å²) in [4.78, 5) is 2.02. The number of aliphatic hydroxyl groups excluding tert-OH is 1. The van der Waals surface area contributed by atoms with Crippen molar-refractivity contribution in [3.05, 3.63) is 35.6 Å². The Morgan fingerprint density at radius 2 is 2.06 bits per heavy atom. The van der Waals surface area contributed by atoms with Gasteiger partial charge < -0.3 is 10.8 Å². The summed E-state index contributed by atoms with van der Waals surface area (Å²) in [6.45, 7) is 5.73. The fraction of sp³-hybridized carbons (Fsp3) is 0.538. The van der Waals surface area contributed by atoms with E-state index in [0.29, 0.717) is 19.6 Å². The van der Waals surface area contributed by atoms with Gasteiger partial charge in [0.1, 0.15) is 5.82 Å². The van der Waals surface area contributed by atoms with Crippen molar-refractivity contribution < 1.29 is 9.50 Å². The summed E-state index contributed by atoms with van der Waals surface area (Å²) in [5, 5.41) is 9.01. The van der Waals surface area contributed by atoms with Crippen LogP contribution in [0.25, 0.3) is 0 Å². The van der Waals surface area contributed by atoms with Crippen molar-refractivity contribution in [3.8, 4) is 0 Å². The lowest BCUT2D eigenvalue weighted by atomic mass is 10.1. The highest BCUT2D eigenvalue weighted by atomic mass is 35.5. The molecule has 0 amide bonds. The SMILES string of the molecule is CC(C)(N)CN(CCO)Cc1cccc(F)c1.Cl. The van der Waals surface area contributed by atoms with Crippen LogP contribution in [0.1, 0.15) is 19.4 Å². The first-order valence-corrected chi connectivity index (χ1v) is 5.77. The lowest BCUT2D eigenvalue weighted by molar-refractivity contribution is 0.166. The molecule has 0 saturated carbocycles. The summed E-state index contributed by atoms with van der Waals surface area (Å²) in [6.07, 6.45) is 0. The van der Waals surface area contributed by atoms with Gasteiger partial charge in [-0.1, -0.05) is 12.1 Å². The van der Waals surface area contributed by atoms with Gasteiger partial charge in [-0.2, -0.15) is 0 Å². The zero-order valence-electron chi connectivity index (χ0n) is 10.9. The van der Waals surface area contributed by atoms with Gasteiger partial charge in [0.2, 0.25) is 0 Å². The van der Waals surface area contributed by atoms with Gasteiger partial charge in [-0.15, -0.1) is 12.4 Å². The van der Waals surface area contributed by atoms with E-state index in [4.69, 9.17) is 10.8 Å². The first-order chi connectivity index (χ1) is 7.90. The molecular formula is C13H22ClFN2O. The summed E-state index contributed by atoms with van der Waals surface area (Å²) in [5.74, 6) is -0.238. The second-order valence-electron chi connectivity index (χ2n) is 5.05. The zero-order chi connectivity index (χ0) is 12.9. The normalized spacial score (nSPS) is 11.4. The van der Waals surface area contributed by atoms with Crippen molar-refractivity contribution >= 4 is 12.4 Å². The fourth-order valence-corrected chi connectivity index (χ4v) is 1.83. The number of benzene rings is 1. The second-order valence-corrected chi connectivity index (χ2v) is 5.05. The van der Waals surface area contributed by atoms with E-state index in [9.17, 15) is 4.39 Å². The molecule has 5 heteroatoms. The van der Waals surface area contributed by atoms with Gasteiger partial charge in [-0.3, -0.25) is 4.90 Å². The molecular weight excluding hydrogens is 255 g/mol. The van der Waals surface area contributed by atoms with E-state index in [0.717, 1.165) is 5.56 Å². The Morgan fingerprint density at radius 3 is 2.56 bits per heavy atom. The molecule has 0 heterocycles. The van der Waals surface area contributed by atoms with Crippen molar-refractivity contribution in [3.63, 3.8) is 0 Å². The molecule has 0 aromatic heterocycles. The molecule has 0 aliphatic rings. The van der Waals surface area contributed by atoms with Crippen LogP contribution in [0.3, 0.4) is 0 Å². The van der Waals surface area contributed by atoms with Crippen molar-refractivity contribution in [2.24, 2.45) is 5.73 Å². The van der Waals surface area contributed by atoms with Gasteiger partial charge in [0.05, 0.1) is 6.61 Å². The predicted octanol–water partition coefficient (Wildman–Crippen LogP) is 1.78. The molecule has 104 valence electrons. The quantitative estimate of drug-likeness (QED) is 0.833. The minimum atomic E-state index is -0.331. The van der Waals surface area contributed by atoms with E-state index in [-0.39, 0.29) is 30.4 Å². The van der Waals surface area contributed by atoms with Crippen LogP contribution in [0.5, 0.6) is 0 Å². The average molecular weight is 277 g/mol. The van der Waals surface area contributed by atoms with E-state index in [1.807, 2.05) is 24.8 Å². The van der Waals surface area contributed by atoms with Crippen LogP contribution in [0.2, 0.25) is 0 Å². The van der Waals surface area contributed by atoms with E-state index < -0.39 is 0 Å². The van der Waals surface area contributed by atoms with Crippen molar-refractivity contribution in [2.45, 2.75) is 25.9 Å². The first kappa shape index (κ1) is 17.3. The van der Waals surface area contributed by atoms with Gasteiger partial charge in [0.15, 0.2) is 0 Å². The largest absolute Gasteiger partial charge is 0.395 e. The summed E-state index contributed by atoms with van der Waals surface area (Å²) in [5.41, 5.74) is 6.51. The van der Waals surface area contributed by atoms with Crippen LogP contribution < -0.4 is 5.73 Å². The average Bonchev–Trinajstić information content (AvgIpc) is 2.15. The molecule has 0 radical (unpaired) electrons. The Balaban J connectivity index is 0.00000289. The second kappa shape index (κ2) is 7.69. The number of hydrogen-bond acceptors (Lipinski definition) is 3. The lowest BCUT2D eigenvalue weighted by Crippen LogP contribution is -2.45. The minimum Gasteiger partial charge on any atom is -0.395 e.